The van der Waals surface area contributed by atoms with Crippen LogP contribution >= 0.6 is 11.8 Å². The fourth-order valence-electron chi connectivity index (χ4n) is 2.08. The van der Waals surface area contributed by atoms with Crippen LogP contribution in [0.3, 0.4) is 0 Å². The zero-order valence-corrected chi connectivity index (χ0v) is 12.6. The second kappa shape index (κ2) is 6.71. The molecule has 0 unspecified atom stereocenters. The second-order valence-corrected chi connectivity index (χ2v) is 5.76. The van der Waals surface area contributed by atoms with Gasteiger partial charge in [0.2, 0.25) is 0 Å². The molecule has 0 saturated carbocycles. The van der Waals surface area contributed by atoms with Gasteiger partial charge in [-0.25, -0.2) is 0 Å². The first-order valence-corrected chi connectivity index (χ1v) is 7.99. The molecule has 0 amide bonds. The molecular formula is C16H21NOS. The van der Waals surface area contributed by atoms with Crippen LogP contribution in [-0.4, -0.2) is 6.26 Å². The summed E-state index contributed by atoms with van der Waals surface area (Å²) in [7, 11) is 0. The number of rotatable bonds is 6. The van der Waals surface area contributed by atoms with Crippen LogP contribution in [0.4, 0.5) is 5.69 Å². The number of hydrogen-bond donors (Lipinski definition) is 1. The van der Waals surface area contributed by atoms with Crippen LogP contribution in [0.1, 0.15) is 36.8 Å². The normalized spacial score (nSPS) is 10.9. The summed E-state index contributed by atoms with van der Waals surface area (Å²) < 4.78 is 5.76. The smallest absolute Gasteiger partial charge is 0.123 e. The molecule has 2 rings (SSSR count). The zero-order chi connectivity index (χ0) is 13.7. The average Bonchev–Trinajstić information content (AvgIpc) is 2.85. The number of anilines is 1. The monoisotopic (exact) mass is 275 g/mol. The van der Waals surface area contributed by atoms with E-state index < -0.39 is 0 Å². The van der Waals surface area contributed by atoms with Gasteiger partial charge >= 0.3 is 0 Å². The molecule has 0 aliphatic carbocycles. The Hall–Kier alpha value is -1.35. The van der Waals surface area contributed by atoms with Crippen LogP contribution in [0.25, 0.3) is 0 Å². The summed E-state index contributed by atoms with van der Waals surface area (Å²) in [6.45, 7) is 5.16. The van der Waals surface area contributed by atoms with Crippen LogP contribution in [0.5, 0.6) is 0 Å². The summed E-state index contributed by atoms with van der Waals surface area (Å²) in [6.07, 6.45) is 2.08. The minimum Gasteiger partial charge on any atom is -0.463 e. The van der Waals surface area contributed by atoms with Gasteiger partial charge in [-0.3, -0.25) is 0 Å². The Morgan fingerprint density at radius 2 is 1.84 bits per heavy atom. The molecule has 0 atom stereocenters. The molecule has 0 bridgehead atoms. The highest BCUT2D eigenvalue weighted by atomic mass is 32.2. The lowest BCUT2D eigenvalue weighted by Gasteiger charge is -2.13. The molecule has 3 heteroatoms. The van der Waals surface area contributed by atoms with Gasteiger partial charge in [0.25, 0.3) is 0 Å². The molecule has 2 nitrogen and oxygen atoms in total. The van der Waals surface area contributed by atoms with Crippen molar-refractivity contribution in [2.45, 2.75) is 32.1 Å². The van der Waals surface area contributed by atoms with Crippen molar-refractivity contribution in [1.82, 2.24) is 0 Å². The van der Waals surface area contributed by atoms with Crippen molar-refractivity contribution < 1.29 is 4.42 Å². The minimum atomic E-state index is 0.521. The SMILES string of the molecule is CSCc1ccc(CNc2ccccc2C(C)C)o1. The minimum absolute atomic E-state index is 0.521. The Bertz CT molecular complexity index is 519. The van der Waals surface area contributed by atoms with Crippen molar-refractivity contribution in [3.05, 3.63) is 53.5 Å². The Morgan fingerprint density at radius 3 is 2.58 bits per heavy atom. The van der Waals surface area contributed by atoms with E-state index in [0.29, 0.717) is 5.92 Å². The fraction of sp³-hybridized carbons (Fsp3) is 0.375. The highest BCUT2D eigenvalue weighted by molar-refractivity contribution is 7.97. The molecule has 0 spiro atoms. The maximum Gasteiger partial charge on any atom is 0.123 e. The lowest BCUT2D eigenvalue weighted by atomic mass is 10.0. The molecule has 0 aliphatic heterocycles. The highest BCUT2D eigenvalue weighted by Gasteiger charge is 2.06. The van der Waals surface area contributed by atoms with Crippen LogP contribution in [-0.2, 0) is 12.3 Å². The van der Waals surface area contributed by atoms with Crippen molar-refractivity contribution in [3.8, 4) is 0 Å². The number of thioether (sulfide) groups is 1. The number of benzene rings is 1. The Balaban J connectivity index is 2.01. The van der Waals surface area contributed by atoms with Gasteiger partial charge < -0.3 is 9.73 Å². The summed E-state index contributed by atoms with van der Waals surface area (Å²) in [5.74, 6) is 3.49. The molecule has 102 valence electrons. The van der Waals surface area contributed by atoms with Crippen molar-refractivity contribution in [1.29, 1.82) is 0 Å². The molecule has 1 N–H and O–H groups in total. The van der Waals surface area contributed by atoms with E-state index in [2.05, 4.69) is 61.8 Å². The van der Waals surface area contributed by atoms with Gasteiger partial charge in [-0.1, -0.05) is 32.0 Å². The maximum atomic E-state index is 5.76. The quantitative estimate of drug-likeness (QED) is 0.813. The topological polar surface area (TPSA) is 25.2 Å². The third kappa shape index (κ3) is 3.80. The molecule has 0 fully saturated rings. The van der Waals surface area contributed by atoms with Crippen LogP contribution < -0.4 is 5.32 Å². The van der Waals surface area contributed by atoms with Gasteiger partial charge in [0.1, 0.15) is 11.5 Å². The lowest BCUT2D eigenvalue weighted by molar-refractivity contribution is 0.487. The average molecular weight is 275 g/mol. The molecule has 19 heavy (non-hydrogen) atoms. The lowest BCUT2D eigenvalue weighted by Crippen LogP contribution is -2.02. The number of para-hydroxylation sites is 1. The van der Waals surface area contributed by atoms with Crippen LogP contribution in [0, 0.1) is 0 Å². The van der Waals surface area contributed by atoms with Crippen molar-refractivity contribution in [2.24, 2.45) is 0 Å². The van der Waals surface area contributed by atoms with Crippen LogP contribution in [0.15, 0.2) is 40.8 Å². The van der Waals surface area contributed by atoms with E-state index in [0.717, 1.165) is 23.8 Å². The molecule has 1 heterocycles. The molecule has 1 aromatic heterocycles. The number of hydrogen-bond acceptors (Lipinski definition) is 3. The predicted octanol–water partition coefficient (Wildman–Crippen LogP) is 4.88. The van der Waals surface area contributed by atoms with Gasteiger partial charge in [0.15, 0.2) is 0 Å². The second-order valence-electron chi connectivity index (χ2n) is 4.90. The molecule has 0 saturated heterocycles. The zero-order valence-electron chi connectivity index (χ0n) is 11.8. The Kier molecular flexibility index (Phi) is 4.97. The van der Waals surface area contributed by atoms with E-state index in [9.17, 15) is 0 Å². The molecule has 0 radical (unpaired) electrons. The standard InChI is InChI=1S/C16H21NOS/c1-12(2)15-6-4-5-7-16(15)17-10-13-8-9-14(18-13)11-19-3/h4-9,12,17H,10-11H2,1-3H3. The first-order chi connectivity index (χ1) is 9.20. The van der Waals surface area contributed by atoms with E-state index in [4.69, 9.17) is 4.42 Å². The van der Waals surface area contributed by atoms with E-state index in [1.165, 1.54) is 11.3 Å². The van der Waals surface area contributed by atoms with Crippen LogP contribution in [0.2, 0.25) is 0 Å². The van der Waals surface area contributed by atoms with Crippen molar-refractivity contribution in [3.63, 3.8) is 0 Å². The molecule has 2 aromatic rings. The van der Waals surface area contributed by atoms with Crippen molar-refractivity contribution in [2.75, 3.05) is 11.6 Å². The number of furan rings is 1. The van der Waals surface area contributed by atoms with Gasteiger partial charge in [-0.05, 0) is 35.9 Å². The summed E-state index contributed by atoms with van der Waals surface area (Å²) >= 11 is 1.77. The predicted molar refractivity (Wildman–Crippen MR) is 83.8 cm³/mol. The van der Waals surface area contributed by atoms with Gasteiger partial charge in [-0.2, -0.15) is 11.8 Å². The Labute approximate surface area is 119 Å². The Morgan fingerprint density at radius 1 is 1.11 bits per heavy atom. The van der Waals surface area contributed by atoms with E-state index in [1.807, 2.05) is 0 Å². The largest absolute Gasteiger partial charge is 0.463 e. The summed E-state index contributed by atoms with van der Waals surface area (Å²) in [4.78, 5) is 0. The molecule has 0 aliphatic rings. The van der Waals surface area contributed by atoms with Crippen molar-refractivity contribution >= 4 is 17.4 Å². The summed E-state index contributed by atoms with van der Waals surface area (Å²) in [5.41, 5.74) is 2.54. The van der Waals surface area contributed by atoms with Gasteiger partial charge in [0.05, 0.1) is 12.3 Å². The van der Waals surface area contributed by atoms with Gasteiger partial charge in [-0.15, -0.1) is 0 Å². The van der Waals surface area contributed by atoms with E-state index in [-0.39, 0.29) is 0 Å². The first kappa shape index (κ1) is 14.1. The number of nitrogens with one attached hydrogen (secondary N) is 1. The third-order valence-electron chi connectivity index (χ3n) is 3.04. The fourth-order valence-corrected chi connectivity index (χ4v) is 2.52. The highest BCUT2D eigenvalue weighted by Crippen LogP contribution is 2.24. The molecule has 1 aromatic carbocycles. The summed E-state index contributed by atoms with van der Waals surface area (Å²) in [6, 6.07) is 12.6. The van der Waals surface area contributed by atoms with E-state index in [1.54, 1.807) is 11.8 Å². The first-order valence-electron chi connectivity index (χ1n) is 6.60. The van der Waals surface area contributed by atoms with Gasteiger partial charge in [0, 0.05) is 5.69 Å². The molecular weight excluding hydrogens is 254 g/mol. The maximum absolute atomic E-state index is 5.76. The van der Waals surface area contributed by atoms with E-state index >= 15 is 0 Å². The third-order valence-corrected chi connectivity index (χ3v) is 3.61. The summed E-state index contributed by atoms with van der Waals surface area (Å²) in [5, 5.41) is 3.47.